The molecule has 0 aliphatic heterocycles. The van der Waals surface area contributed by atoms with Gasteiger partial charge in [0.15, 0.2) is 0 Å². The minimum atomic E-state index is -0.727. The minimum absolute atomic E-state index is 0.0139. The van der Waals surface area contributed by atoms with E-state index in [1.165, 1.54) is 0 Å². The zero-order valence-corrected chi connectivity index (χ0v) is 16.0. The third-order valence-electron chi connectivity index (χ3n) is 5.05. The molecule has 0 aromatic carbocycles. The normalized spacial score (nSPS) is 14.7. The largest absolute Gasteiger partial charge is 0.494 e. The number of pyridine rings is 2. The van der Waals surface area contributed by atoms with Crippen molar-refractivity contribution in [3.05, 3.63) is 58.4 Å². The van der Waals surface area contributed by atoms with Crippen molar-refractivity contribution in [2.24, 2.45) is 0 Å². The molecule has 1 aliphatic carbocycles. The Morgan fingerprint density at radius 3 is 2.78 bits per heavy atom. The molecule has 1 saturated carbocycles. The van der Waals surface area contributed by atoms with E-state index in [2.05, 4.69) is 4.98 Å². The van der Waals surface area contributed by atoms with Crippen LogP contribution in [0.25, 0.3) is 11.3 Å². The van der Waals surface area contributed by atoms with Gasteiger partial charge in [-0.15, -0.1) is 0 Å². The predicted octanol–water partition coefficient (Wildman–Crippen LogP) is 3.07. The fraction of sp³-hybridized carbons (Fsp3) is 0.429. The Morgan fingerprint density at radius 1 is 1.33 bits per heavy atom. The topological polar surface area (TPSA) is 68.8 Å². The van der Waals surface area contributed by atoms with E-state index in [-0.39, 0.29) is 5.56 Å². The first-order chi connectivity index (χ1) is 12.9. The van der Waals surface area contributed by atoms with Crippen LogP contribution < -0.4 is 10.3 Å². The van der Waals surface area contributed by atoms with Crippen LogP contribution in [0, 0.1) is 0 Å². The van der Waals surface area contributed by atoms with Crippen molar-refractivity contribution >= 4 is 5.65 Å². The number of nitrogens with zero attached hydrogens (tertiary/aromatic N) is 3. The predicted molar refractivity (Wildman–Crippen MR) is 104 cm³/mol. The molecule has 1 N–H and O–H groups in total. The second-order valence-electron chi connectivity index (χ2n) is 7.95. The zero-order chi connectivity index (χ0) is 19.2. The first kappa shape index (κ1) is 17.8. The quantitative estimate of drug-likeness (QED) is 0.727. The van der Waals surface area contributed by atoms with E-state index < -0.39 is 5.60 Å². The molecule has 0 bridgehead atoms. The maximum atomic E-state index is 12.9. The number of aromatic nitrogens is 3. The summed E-state index contributed by atoms with van der Waals surface area (Å²) in [5.41, 5.74) is 2.51. The monoisotopic (exact) mass is 367 g/mol. The number of fused-ring (bicyclic) bond motifs is 1. The zero-order valence-electron chi connectivity index (χ0n) is 16.0. The van der Waals surface area contributed by atoms with Crippen molar-refractivity contribution in [1.82, 2.24) is 14.0 Å². The summed E-state index contributed by atoms with van der Waals surface area (Å²) in [4.78, 5) is 17.5. The number of rotatable bonds is 6. The second kappa shape index (κ2) is 6.53. The number of aryl methyl sites for hydroxylation is 1. The minimum Gasteiger partial charge on any atom is -0.494 e. The molecule has 1 fully saturated rings. The Balaban J connectivity index is 1.77. The van der Waals surface area contributed by atoms with Gasteiger partial charge in [-0.2, -0.15) is 0 Å². The van der Waals surface area contributed by atoms with Gasteiger partial charge in [0.2, 0.25) is 0 Å². The molecule has 6 heteroatoms. The molecular formula is C21H25N3O3. The maximum absolute atomic E-state index is 12.9. The molecule has 0 saturated heterocycles. The van der Waals surface area contributed by atoms with Crippen molar-refractivity contribution in [1.29, 1.82) is 0 Å². The van der Waals surface area contributed by atoms with Gasteiger partial charge in [0.25, 0.3) is 5.56 Å². The van der Waals surface area contributed by atoms with Crippen LogP contribution in [-0.4, -0.2) is 31.8 Å². The maximum Gasteiger partial charge on any atom is 0.258 e. The van der Waals surface area contributed by atoms with Crippen molar-refractivity contribution in [3.63, 3.8) is 0 Å². The molecular weight excluding hydrogens is 342 g/mol. The molecule has 3 aromatic rings. The summed E-state index contributed by atoms with van der Waals surface area (Å²) in [6, 6.07) is 5.69. The molecule has 0 atom stereocenters. The summed E-state index contributed by atoms with van der Waals surface area (Å²) in [5.74, 6) is 0.999. The van der Waals surface area contributed by atoms with Gasteiger partial charge >= 0.3 is 0 Å². The number of hydrogen-bond acceptors (Lipinski definition) is 4. The molecule has 3 heterocycles. The summed E-state index contributed by atoms with van der Waals surface area (Å²) in [7, 11) is 1.60. The first-order valence-corrected chi connectivity index (χ1v) is 9.36. The highest BCUT2D eigenvalue weighted by atomic mass is 16.5. The van der Waals surface area contributed by atoms with Gasteiger partial charge in [-0.25, -0.2) is 4.98 Å². The van der Waals surface area contributed by atoms with Gasteiger partial charge in [-0.3, -0.25) is 9.36 Å². The van der Waals surface area contributed by atoms with Crippen LogP contribution in [0.2, 0.25) is 0 Å². The smallest absolute Gasteiger partial charge is 0.258 e. The lowest BCUT2D eigenvalue weighted by molar-refractivity contribution is 0.0711. The van der Waals surface area contributed by atoms with Crippen LogP contribution in [0.5, 0.6) is 5.75 Å². The number of methoxy groups -OCH3 is 1. The lowest BCUT2D eigenvalue weighted by Crippen LogP contribution is -2.21. The van der Waals surface area contributed by atoms with E-state index >= 15 is 0 Å². The molecule has 0 radical (unpaired) electrons. The number of aliphatic hydroxyl groups is 1. The number of imidazole rings is 1. The third kappa shape index (κ3) is 3.62. The molecule has 0 spiro atoms. The fourth-order valence-electron chi connectivity index (χ4n) is 3.36. The van der Waals surface area contributed by atoms with Crippen LogP contribution in [0.4, 0.5) is 0 Å². The summed E-state index contributed by atoms with van der Waals surface area (Å²) in [5, 5.41) is 9.94. The van der Waals surface area contributed by atoms with Gasteiger partial charge in [0, 0.05) is 30.2 Å². The molecule has 6 nitrogen and oxygen atoms in total. The highest BCUT2D eigenvalue weighted by Crippen LogP contribution is 2.38. The first-order valence-electron chi connectivity index (χ1n) is 9.36. The highest BCUT2D eigenvalue weighted by Gasteiger charge is 2.27. The standard InChI is InChI=1S/C21H25N3O3/c1-21(2,26)9-8-15-12-23-13-17(18(27-3)11-19(23)22-15)24-10-4-5-16(20(24)25)14-6-7-14/h4-5,10-14,26H,6-9H2,1-3H3. The van der Waals surface area contributed by atoms with Crippen molar-refractivity contribution in [3.8, 4) is 11.4 Å². The van der Waals surface area contributed by atoms with Crippen molar-refractivity contribution < 1.29 is 9.84 Å². The summed E-state index contributed by atoms with van der Waals surface area (Å²) >= 11 is 0. The van der Waals surface area contributed by atoms with Crippen LogP contribution in [0.3, 0.4) is 0 Å². The Hall–Kier alpha value is -2.60. The Kier molecular flexibility index (Phi) is 4.30. The molecule has 1 aliphatic rings. The Morgan fingerprint density at radius 2 is 2.11 bits per heavy atom. The van der Waals surface area contributed by atoms with Gasteiger partial charge in [-0.1, -0.05) is 6.07 Å². The molecule has 27 heavy (non-hydrogen) atoms. The van der Waals surface area contributed by atoms with Crippen LogP contribution in [0.15, 0.2) is 41.6 Å². The number of ether oxygens (including phenoxy) is 1. The Bertz CT molecular complexity index is 1040. The summed E-state index contributed by atoms with van der Waals surface area (Å²) in [6.07, 6.45) is 9.09. The van der Waals surface area contributed by atoms with Crippen molar-refractivity contribution in [2.45, 2.75) is 51.0 Å². The SMILES string of the molecule is COc1cc2nc(CCC(C)(C)O)cn2cc1-n1cccc(C2CC2)c1=O. The van der Waals surface area contributed by atoms with E-state index in [0.29, 0.717) is 30.2 Å². The Labute approximate surface area is 158 Å². The van der Waals surface area contributed by atoms with Gasteiger partial charge in [0.1, 0.15) is 17.1 Å². The summed E-state index contributed by atoms with van der Waals surface area (Å²) < 4.78 is 9.11. The van der Waals surface area contributed by atoms with Crippen LogP contribution in [0.1, 0.15) is 50.3 Å². The van der Waals surface area contributed by atoms with E-state index in [0.717, 1.165) is 29.7 Å². The van der Waals surface area contributed by atoms with E-state index in [9.17, 15) is 9.90 Å². The van der Waals surface area contributed by atoms with Crippen molar-refractivity contribution in [2.75, 3.05) is 7.11 Å². The molecule has 4 rings (SSSR count). The van der Waals surface area contributed by atoms with Gasteiger partial charge < -0.3 is 14.2 Å². The highest BCUT2D eigenvalue weighted by molar-refractivity contribution is 5.56. The lowest BCUT2D eigenvalue weighted by atomic mass is 10.0. The van der Waals surface area contributed by atoms with E-state index in [1.54, 1.807) is 31.7 Å². The summed E-state index contributed by atoms with van der Waals surface area (Å²) in [6.45, 7) is 3.59. The van der Waals surface area contributed by atoms with Crippen LogP contribution in [-0.2, 0) is 6.42 Å². The average Bonchev–Trinajstić information content (AvgIpc) is 3.38. The lowest BCUT2D eigenvalue weighted by Gasteiger charge is -2.15. The van der Waals surface area contributed by atoms with Gasteiger partial charge in [-0.05, 0) is 51.5 Å². The second-order valence-corrected chi connectivity index (χ2v) is 7.95. The average molecular weight is 367 g/mol. The molecule has 0 amide bonds. The van der Waals surface area contributed by atoms with E-state index in [4.69, 9.17) is 4.74 Å². The number of hydrogen-bond donors (Lipinski definition) is 1. The van der Waals surface area contributed by atoms with Gasteiger partial charge in [0.05, 0.1) is 18.4 Å². The van der Waals surface area contributed by atoms with Crippen LogP contribution >= 0.6 is 0 Å². The third-order valence-corrected chi connectivity index (χ3v) is 5.05. The molecule has 142 valence electrons. The fourth-order valence-corrected chi connectivity index (χ4v) is 3.36. The van der Waals surface area contributed by atoms with E-state index in [1.807, 2.05) is 35.0 Å². The molecule has 3 aromatic heterocycles. The molecule has 0 unspecified atom stereocenters.